The second kappa shape index (κ2) is 5.36. The molecule has 8 heteroatoms. The zero-order valence-electron chi connectivity index (χ0n) is 11.4. The Morgan fingerprint density at radius 2 is 1.79 bits per heavy atom. The first kappa shape index (κ1) is 15.7. The van der Waals surface area contributed by atoms with Crippen LogP contribution in [-0.2, 0) is 24.1 Å². The molecular formula is C11H19NO6S. The van der Waals surface area contributed by atoms with Gasteiger partial charge >= 0.3 is 12.1 Å². The van der Waals surface area contributed by atoms with Crippen LogP contribution >= 0.6 is 0 Å². The molecule has 110 valence electrons. The molecule has 0 saturated carbocycles. The Labute approximate surface area is 112 Å². The van der Waals surface area contributed by atoms with Crippen LogP contribution in [-0.4, -0.2) is 50.7 Å². The molecule has 2 atom stereocenters. The predicted molar refractivity (Wildman–Crippen MR) is 67.3 cm³/mol. The molecule has 0 aromatic carbocycles. The van der Waals surface area contributed by atoms with Gasteiger partial charge in [0, 0.05) is 0 Å². The number of nitrogens with one attached hydrogen (secondary N) is 1. The van der Waals surface area contributed by atoms with Crippen LogP contribution < -0.4 is 5.32 Å². The summed E-state index contributed by atoms with van der Waals surface area (Å²) in [4.78, 5) is 23.1. The van der Waals surface area contributed by atoms with E-state index in [0.717, 1.165) is 0 Å². The number of esters is 1. The molecule has 0 aromatic heterocycles. The molecule has 0 radical (unpaired) electrons. The van der Waals surface area contributed by atoms with E-state index in [9.17, 15) is 18.0 Å². The monoisotopic (exact) mass is 293 g/mol. The van der Waals surface area contributed by atoms with E-state index in [0.29, 0.717) is 0 Å². The molecule has 0 aromatic rings. The van der Waals surface area contributed by atoms with Crippen molar-refractivity contribution in [3.63, 3.8) is 0 Å². The largest absolute Gasteiger partial charge is 0.469 e. The number of amides is 1. The number of alkyl carbamates (subject to hydrolysis) is 1. The van der Waals surface area contributed by atoms with Crippen LogP contribution in [0.15, 0.2) is 0 Å². The number of rotatable bonds is 2. The molecule has 1 heterocycles. The van der Waals surface area contributed by atoms with E-state index >= 15 is 0 Å². The number of hydrogen-bond acceptors (Lipinski definition) is 6. The molecule has 0 aliphatic carbocycles. The molecule has 2 unspecified atom stereocenters. The standard InChI is InChI=1S/C11H19NO6S/c1-11(2,3)18-10(14)12-8-6-19(15,16)5-7(8)9(13)17-4/h7-8H,5-6H2,1-4H3,(H,12,14). The van der Waals surface area contributed by atoms with E-state index in [2.05, 4.69) is 10.1 Å². The van der Waals surface area contributed by atoms with Crippen LogP contribution in [0, 0.1) is 5.92 Å². The molecule has 1 fully saturated rings. The van der Waals surface area contributed by atoms with Crippen LogP contribution in [0.5, 0.6) is 0 Å². The van der Waals surface area contributed by atoms with Crippen molar-refractivity contribution in [2.75, 3.05) is 18.6 Å². The van der Waals surface area contributed by atoms with Crippen molar-refractivity contribution in [3.05, 3.63) is 0 Å². The minimum Gasteiger partial charge on any atom is -0.469 e. The lowest BCUT2D eigenvalue weighted by molar-refractivity contribution is -0.145. The van der Waals surface area contributed by atoms with Crippen molar-refractivity contribution in [3.8, 4) is 0 Å². The third-order valence-corrected chi connectivity index (χ3v) is 4.29. The Balaban J connectivity index is 2.75. The average molecular weight is 293 g/mol. The summed E-state index contributed by atoms with van der Waals surface area (Å²) < 4.78 is 32.7. The number of hydrogen-bond donors (Lipinski definition) is 1. The number of carbonyl (C=O) groups is 2. The van der Waals surface area contributed by atoms with E-state index in [4.69, 9.17) is 4.74 Å². The zero-order valence-corrected chi connectivity index (χ0v) is 12.2. The average Bonchev–Trinajstić information content (AvgIpc) is 2.49. The smallest absolute Gasteiger partial charge is 0.407 e. The van der Waals surface area contributed by atoms with Crippen molar-refractivity contribution < 1.29 is 27.5 Å². The number of ether oxygens (including phenoxy) is 2. The molecule has 1 aliphatic heterocycles. The van der Waals surface area contributed by atoms with Crippen molar-refractivity contribution in [2.45, 2.75) is 32.4 Å². The van der Waals surface area contributed by atoms with E-state index < -0.39 is 39.5 Å². The fraction of sp³-hybridized carbons (Fsp3) is 0.818. The molecule has 0 spiro atoms. The Kier molecular flexibility index (Phi) is 4.44. The summed E-state index contributed by atoms with van der Waals surface area (Å²) in [5.74, 6) is -2.14. The highest BCUT2D eigenvalue weighted by Gasteiger charge is 2.43. The van der Waals surface area contributed by atoms with Gasteiger partial charge in [0.15, 0.2) is 9.84 Å². The van der Waals surface area contributed by atoms with E-state index in [1.54, 1.807) is 20.8 Å². The molecule has 1 amide bonds. The summed E-state index contributed by atoms with van der Waals surface area (Å²) in [5, 5.41) is 2.42. The Morgan fingerprint density at radius 1 is 1.21 bits per heavy atom. The van der Waals surface area contributed by atoms with Crippen molar-refractivity contribution in [1.29, 1.82) is 0 Å². The van der Waals surface area contributed by atoms with Gasteiger partial charge in [-0.1, -0.05) is 0 Å². The lowest BCUT2D eigenvalue weighted by atomic mass is 10.0. The van der Waals surface area contributed by atoms with Gasteiger partial charge in [0.1, 0.15) is 5.60 Å². The first-order chi connectivity index (χ1) is 8.54. The fourth-order valence-corrected chi connectivity index (χ4v) is 3.75. The summed E-state index contributed by atoms with van der Waals surface area (Å²) in [6, 6.07) is -0.813. The summed E-state index contributed by atoms with van der Waals surface area (Å²) in [6.07, 6.45) is -0.747. The van der Waals surface area contributed by atoms with Crippen molar-refractivity contribution in [1.82, 2.24) is 5.32 Å². The van der Waals surface area contributed by atoms with E-state index in [1.165, 1.54) is 7.11 Å². The summed E-state index contributed by atoms with van der Waals surface area (Å²) >= 11 is 0. The van der Waals surface area contributed by atoms with Gasteiger partial charge in [0.05, 0.1) is 30.6 Å². The van der Waals surface area contributed by atoms with Crippen LogP contribution in [0.3, 0.4) is 0 Å². The molecule has 1 N–H and O–H groups in total. The number of sulfone groups is 1. The molecule has 1 aliphatic rings. The van der Waals surface area contributed by atoms with Crippen LogP contribution in [0.2, 0.25) is 0 Å². The quantitative estimate of drug-likeness (QED) is 0.725. The summed E-state index contributed by atoms with van der Waals surface area (Å²) in [6.45, 7) is 5.07. The lowest BCUT2D eigenvalue weighted by Crippen LogP contribution is -2.45. The number of methoxy groups -OCH3 is 1. The Hall–Kier alpha value is -1.31. The SMILES string of the molecule is COC(=O)C1CS(=O)(=O)CC1NC(=O)OC(C)(C)C. The summed E-state index contributed by atoms with van der Waals surface area (Å²) in [5.41, 5.74) is -0.692. The molecule has 7 nitrogen and oxygen atoms in total. The molecule has 19 heavy (non-hydrogen) atoms. The van der Waals surface area contributed by atoms with Crippen LogP contribution in [0.4, 0.5) is 4.79 Å². The van der Waals surface area contributed by atoms with Gasteiger partial charge in [-0.3, -0.25) is 4.79 Å². The van der Waals surface area contributed by atoms with Gasteiger partial charge in [0.25, 0.3) is 0 Å². The van der Waals surface area contributed by atoms with Gasteiger partial charge in [0.2, 0.25) is 0 Å². The van der Waals surface area contributed by atoms with E-state index in [1.807, 2.05) is 0 Å². The van der Waals surface area contributed by atoms with Gasteiger partial charge in [-0.15, -0.1) is 0 Å². The molecule has 0 bridgehead atoms. The van der Waals surface area contributed by atoms with Crippen LogP contribution in [0.25, 0.3) is 0 Å². The van der Waals surface area contributed by atoms with Gasteiger partial charge in [-0.05, 0) is 20.8 Å². The van der Waals surface area contributed by atoms with Gasteiger partial charge in [-0.2, -0.15) is 0 Å². The first-order valence-corrected chi connectivity index (χ1v) is 7.64. The van der Waals surface area contributed by atoms with Crippen LogP contribution in [0.1, 0.15) is 20.8 Å². The molecule has 1 saturated heterocycles. The predicted octanol–water partition coefficient (Wildman–Crippen LogP) is 0.0973. The Morgan fingerprint density at radius 3 is 2.26 bits per heavy atom. The van der Waals surface area contributed by atoms with Crippen molar-refractivity contribution in [2.24, 2.45) is 5.92 Å². The highest BCUT2D eigenvalue weighted by atomic mass is 32.2. The lowest BCUT2D eigenvalue weighted by Gasteiger charge is -2.23. The highest BCUT2D eigenvalue weighted by Crippen LogP contribution is 2.21. The zero-order chi connectivity index (χ0) is 14.8. The highest BCUT2D eigenvalue weighted by molar-refractivity contribution is 7.91. The normalized spacial score (nSPS) is 25.7. The second-order valence-electron chi connectivity index (χ2n) is 5.46. The third kappa shape index (κ3) is 4.70. The maximum Gasteiger partial charge on any atom is 0.407 e. The summed E-state index contributed by atoms with van der Waals surface area (Å²) in [7, 11) is -2.18. The fourth-order valence-electron chi connectivity index (χ4n) is 1.83. The first-order valence-electron chi connectivity index (χ1n) is 5.82. The molecular weight excluding hydrogens is 274 g/mol. The third-order valence-electron chi connectivity index (χ3n) is 2.56. The van der Waals surface area contributed by atoms with Gasteiger partial charge in [-0.25, -0.2) is 13.2 Å². The maximum atomic E-state index is 11.6. The molecule has 1 rings (SSSR count). The minimum atomic E-state index is -3.36. The van der Waals surface area contributed by atoms with Gasteiger partial charge < -0.3 is 14.8 Å². The second-order valence-corrected chi connectivity index (χ2v) is 7.61. The maximum absolute atomic E-state index is 11.6. The topological polar surface area (TPSA) is 98.8 Å². The number of carbonyl (C=O) groups excluding carboxylic acids is 2. The Bertz CT molecular complexity index is 464. The minimum absolute atomic E-state index is 0.286. The van der Waals surface area contributed by atoms with E-state index in [-0.39, 0.29) is 11.5 Å². The van der Waals surface area contributed by atoms with Crippen molar-refractivity contribution >= 4 is 21.9 Å².